The van der Waals surface area contributed by atoms with Gasteiger partial charge in [0.15, 0.2) is 0 Å². The normalized spacial score (nSPS) is 14.4. The molecule has 0 aliphatic heterocycles. The van der Waals surface area contributed by atoms with Crippen LogP contribution in [-0.2, 0) is 0 Å². The minimum atomic E-state index is -0.215. The highest BCUT2D eigenvalue weighted by molar-refractivity contribution is 9.11. The second kappa shape index (κ2) is 2.88. The summed E-state index contributed by atoms with van der Waals surface area (Å²) in [5.41, 5.74) is 0. The van der Waals surface area contributed by atoms with Gasteiger partial charge in [0.2, 0.25) is 0 Å². The molecule has 0 atom stereocenters. The van der Waals surface area contributed by atoms with E-state index in [1.54, 1.807) is 0 Å². The lowest BCUT2D eigenvalue weighted by molar-refractivity contribution is 0.879. The Labute approximate surface area is 64.0 Å². The van der Waals surface area contributed by atoms with Crippen LogP contribution in [0.15, 0.2) is 10.6 Å². The van der Waals surface area contributed by atoms with Crippen molar-refractivity contribution in [3.8, 4) is 0 Å². The first-order valence-corrected chi connectivity index (χ1v) is 3.63. The molecule has 0 aliphatic carbocycles. The lowest BCUT2D eigenvalue weighted by atomic mass is 10.2. The Morgan fingerprint density at radius 2 is 2.00 bits per heavy atom. The van der Waals surface area contributed by atoms with Gasteiger partial charge >= 0.3 is 0 Å². The Hall–Kier alpha value is 0.510. The van der Waals surface area contributed by atoms with Crippen LogP contribution >= 0.6 is 27.5 Å². The van der Waals surface area contributed by atoms with Crippen LogP contribution in [0.5, 0.6) is 0 Å². The fraction of sp³-hybridized carbons (Fsp3) is 0.667. The van der Waals surface area contributed by atoms with E-state index in [0.717, 1.165) is 4.48 Å². The van der Waals surface area contributed by atoms with Crippen molar-refractivity contribution in [3.05, 3.63) is 10.6 Å². The van der Waals surface area contributed by atoms with Crippen molar-refractivity contribution < 1.29 is 0 Å². The van der Waals surface area contributed by atoms with Crippen LogP contribution < -0.4 is 0 Å². The van der Waals surface area contributed by atoms with Crippen molar-refractivity contribution in [2.45, 2.75) is 25.6 Å². The van der Waals surface area contributed by atoms with Crippen LogP contribution in [0, 0.1) is 0 Å². The van der Waals surface area contributed by atoms with E-state index in [9.17, 15) is 0 Å². The molecule has 0 aromatic carbocycles. The van der Waals surface area contributed by atoms with Crippen molar-refractivity contribution in [3.63, 3.8) is 0 Å². The van der Waals surface area contributed by atoms with Gasteiger partial charge < -0.3 is 0 Å². The summed E-state index contributed by atoms with van der Waals surface area (Å²) in [5, 5.41) is 0. The summed E-state index contributed by atoms with van der Waals surface area (Å²) in [4.78, 5) is -0.215. The molecule has 0 nitrogen and oxygen atoms in total. The molecule has 0 aromatic rings. The third-order valence-electron chi connectivity index (χ3n) is 0.542. The highest BCUT2D eigenvalue weighted by atomic mass is 79.9. The standard InChI is InChI=1S/C6H10BrCl/c1-5(7)4-6(2,3)8/h4H,1-3H3/b5-4+. The van der Waals surface area contributed by atoms with Gasteiger partial charge in [-0.1, -0.05) is 22.0 Å². The van der Waals surface area contributed by atoms with Crippen molar-refractivity contribution in [2.75, 3.05) is 0 Å². The molecule has 0 radical (unpaired) electrons. The van der Waals surface area contributed by atoms with E-state index in [4.69, 9.17) is 11.6 Å². The van der Waals surface area contributed by atoms with E-state index in [0.29, 0.717) is 0 Å². The number of rotatable bonds is 1. The maximum Gasteiger partial charge on any atom is 0.0580 e. The smallest absolute Gasteiger partial charge is 0.0580 e. The van der Waals surface area contributed by atoms with E-state index in [2.05, 4.69) is 15.9 Å². The Balaban J connectivity index is 3.89. The average molecular weight is 198 g/mol. The predicted molar refractivity (Wildman–Crippen MR) is 42.6 cm³/mol. The van der Waals surface area contributed by atoms with Gasteiger partial charge in [0, 0.05) is 0 Å². The molecule has 48 valence electrons. The Morgan fingerprint density at radius 1 is 1.62 bits per heavy atom. The van der Waals surface area contributed by atoms with E-state index >= 15 is 0 Å². The minimum absolute atomic E-state index is 0.215. The Kier molecular flexibility index (Phi) is 3.07. The summed E-state index contributed by atoms with van der Waals surface area (Å²) in [5.74, 6) is 0. The highest BCUT2D eigenvalue weighted by Gasteiger charge is 2.07. The summed E-state index contributed by atoms with van der Waals surface area (Å²) in [6.45, 7) is 5.85. The maximum absolute atomic E-state index is 5.82. The molecule has 8 heavy (non-hydrogen) atoms. The Morgan fingerprint density at radius 3 is 2.00 bits per heavy atom. The molecule has 0 N–H and O–H groups in total. The molecule has 0 bridgehead atoms. The predicted octanol–water partition coefficient (Wildman–Crippen LogP) is 3.30. The lowest BCUT2D eigenvalue weighted by Crippen LogP contribution is -2.03. The lowest BCUT2D eigenvalue weighted by Gasteiger charge is -2.07. The van der Waals surface area contributed by atoms with Gasteiger partial charge in [0.1, 0.15) is 0 Å². The fourth-order valence-electron chi connectivity index (χ4n) is 0.473. The molecule has 0 aromatic heterocycles. The van der Waals surface area contributed by atoms with Crippen LogP contribution in [0.1, 0.15) is 20.8 Å². The monoisotopic (exact) mass is 196 g/mol. The molecular weight excluding hydrogens is 187 g/mol. The molecule has 0 rings (SSSR count). The zero-order valence-electron chi connectivity index (χ0n) is 5.33. The zero-order valence-corrected chi connectivity index (χ0v) is 7.68. The molecule has 0 spiro atoms. The topological polar surface area (TPSA) is 0 Å². The second-order valence-corrected chi connectivity index (χ2v) is 4.52. The van der Waals surface area contributed by atoms with E-state index in [-0.39, 0.29) is 4.87 Å². The molecule has 0 unspecified atom stereocenters. The SMILES string of the molecule is C/C(Br)=C\C(C)(C)Cl. The third-order valence-corrected chi connectivity index (χ3v) is 0.880. The van der Waals surface area contributed by atoms with E-state index in [1.165, 1.54) is 0 Å². The first-order chi connectivity index (χ1) is 3.42. The van der Waals surface area contributed by atoms with Gasteiger partial charge in [-0.3, -0.25) is 0 Å². The number of hydrogen-bond acceptors (Lipinski definition) is 0. The van der Waals surface area contributed by atoms with Crippen molar-refractivity contribution >= 4 is 27.5 Å². The first-order valence-electron chi connectivity index (χ1n) is 2.46. The summed E-state index contributed by atoms with van der Waals surface area (Å²) < 4.78 is 1.08. The highest BCUT2D eigenvalue weighted by Crippen LogP contribution is 2.18. The van der Waals surface area contributed by atoms with Crippen LogP contribution in [0.2, 0.25) is 0 Å². The van der Waals surface area contributed by atoms with E-state index in [1.807, 2.05) is 26.8 Å². The molecule has 2 heteroatoms. The molecular formula is C6H10BrCl. The summed E-state index contributed by atoms with van der Waals surface area (Å²) in [7, 11) is 0. The molecule has 0 fully saturated rings. The van der Waals surface area contributed by atoms with Gasteiger partial charge in [-0.25, -0.2) is 0 Å². The third kappa shape index (κ3) is 6.51. The average Bonchev–Trinajstić information content (AvgIpc) is 1.21. The van der Waals surface area contributed by atoms with Gasteiger partial charge in [0.05, 0.1) is 4.87 Å². The van der Waals surface area contributed by atoms with Crippen LogP contribution in [0.4, 0.5) is 0 Å². The number of halogens is 2. The summed E-state index contributed by atoms with van der Waals surface area (Å²) in [6, 6.07) is 0. The summed E-state index contributed by atoms with van der Waals surface area (Å²) in [6.07, 6.45) is 1.95. The van der Waals surface area contributed by atoms with Gasteiger partial charge in [-0.15, -0.1) is 11.6 Å². The fourth-order valence-corrected chi connectivity index (χ4v) is 1.34. The molecule has 0 heterocycles. The van der Waals surface area contributed by atoms with Crippen molar-refractivity contribution in [2.24, 2.45) is 0 Å². The largest absolute Gasteiger partial charge is 0.115 e. The maximum atomic E-state index is 5.82. The first kappa shape index (κ1) is 8.51. The van der Waals surface area contributed by atoms with Crippen molar-refractivity contribution in [1.82, 2.24) is 0 Å². The quantitative estimate of drug-likeness (QED) is 0.566. The van der Waals surface area contributed by atoms with E-state index < -0.39 is 0 Å². The Bertz CT molecular complexity index is 95.6. The summed E-state index contributed by atoms with van der Waals surface area (Å²) >= 11 is 9.11. The van der Waals surface area contributed by atoms with Gasteiger partial charge in [0.25, 0.3) is 0 Å². The number of hydrogen-bond donors (Lipinski definition) is 0. The molecule has 0 saturated carbocycles. The molecule has 0 amide bonds. The van der Waals surface area contributed by atoms with Gasteiger partial charge in [-0.2, -0.15) is 0 Å². The number of alkyl halides is 1. The number of allylic oxidation sites excluding steroid dienone is 2. The molecule has 0 saturated heterocycles. The minimum Gasteiger partial charge on any atom is -0.115 e. The van der Waals surface area contributed by atoms with Crippen LogP contribution in [0.25, 0.3) is 0 Å². The van der Waals surface area contributed by atoms with Gasteiger partial charge in [-0.05, 0) is 25.3 Å². The zero-order chi connectivity index (χ0) is 6.78. The van der Waals surface area contributed by atoms with Crippen LogP contribution in [0.3, 0.4) is 0 Å². The molecule has 0 aliphatic rings. The van der Waals surface area contributed by atoms with Crippen molar-refractivity contribution in [1.29, 1.82) is 0 Å². The second-order valence-electron chi connectivity index (χ2n) is 2.30. The van der Waals surface area contributed by atoms with Crippen LogP contribution in [-0.4, -0.2) is 4.87 Å².